The zero-order valence-electron chi connectivity index (χ0n) is 10.6. The molecular weight excluding hydrogens is 246 g/mol. The lowest BCUT2D eigenvalue weighted by molar-refractivity contribution is 0.319. The predicted molar refractivity (Wildman–Crippen MR) is 74.1 cm³/mol. The van der Waals surface area contributed by atoms with Crippen molar-refractivity contribution in [2.75, 3.05) is 12.3 Å². The highest BCUT2D eigenvalue weighted by Crippen LogP contribution is 2.20. The Kier molecular flexibility index (Phi) is 4.15. The van der Waals surface area contributed by atoms with Gasteiger partial charge in [-0.15, -0.1) is 0 Å². The summed E-state index contributed by atoms with van der Waals surface area (Å²) in [5.41, 5.74) is 7.77. The fourth-order valence-corrected chi connectivity index (χ4v) is 2.22. The zero-order chi connectivity index (χ0) is 13.0. The lowest BCUT2D eigenvalue weighted by Crippen LogP contribution is -2.03. The van der Waals surface area contributed by atoms with E-state index in [9.17, 15) is 0 Å². The van der Waals surface area contributed by atoms with E-state index in [1.165, 1.54) is 11.5 Å². The number of hydrogen-bond donors (Lipinski definition) is 1. The van der Waals surface area contributed by atoms with Gasteiger partial charge >= 0.3 is 0 Å². The number of nitrogen functional groups attached to an aromatic ring is 1. The van der Waals surface area contributed by atoms with Crippen LogP contribution in [0, 0.1) is 0 Å². The Bertz CT molecular complexity index is 510. The molecule has 18 heavy (non-hydrogen) atoms. The largest absolute Gasteiger partial charge is 0.469 e. The van der Waals surface area contributed by atoms with E-state index in [1.807, 2.05) is 24.3 Å². The molecule has 4 nitrogen and oxygen atoms in total. The molecule has 0 amide bonds. The van der Waals surface area contributed by atoms with Crippen LogP contribution in [0.1, 0.15) is 31.2 Å². The molecule has 2 aromatic rings. The van der Waals surface area contributed by atoms with Gasteiger partial charge in [-0.1, -0.05) is 32.0 Å². The van der Waals surface area contributed by atoms with Crippen molar-refractivity contribution in [3.05, 3.63) is 35.7 Å². The van der Waals surface area contributed by atoms with Gasteiger partial charge in [0.05, 0.1) is 6.61 Å². The first-order chi connectivity index (χ1) is 8.66. The predicted octanol–water partition coefficient (Wildman–Crippen LogP) is 2.87. The molecule has 2 N–H and O–H groups in total. The Morgan fingerprint density at radius 3 is 2.78 bits per heavy atom. The quantitative estimate of drug-likeness (QED) is 0.843. The van der Waals surface area contributed by atoms with E-state index in [2.05, 4.69) is 23.2 Å². The molecule has 0 atom stereocenters. The van der Waals surface area contributed by atoms with E-state index in [0.717, 1.165) is 23.5 Å². The number of benzene rings is 1. The van der Waals surface area contributed by atoms with Gasteiger partial charge in [0.25, 0.3) is 5.19 Å². The summed E-state index contributed by atoms with van der Waals surface area (Å²) in [5.74, 6) is 1.18. The third-order valence-electron chi connectivity index (χ3n) is 2.59. The summed E-state index contributed by atoms with van der Waals surface area (Å²) in [7, 11) is 0. The second-order valence-corrected chi connectivity index (χ2v) is 5.08. The Morgan fingerprint density at radius 1 is 1.33 bits per heavy atom. The molecule has 1 aromatic heterocycles. The molecule has 5 heteroatoms. The number of nitrogens with two attached hydrogens (primary N) is 1. The van der Waals surface area contributed by atoms with Gasteiger partial charge in [-0.2, -0.15) is 9.36 Å². The van der Waals surface area contributed by atoms with Crippen molar-refractivity contribution in [3.63, 3.8) is 0 Å². The smallest absolute Gasteiger partial charge is 0.293 e. The number of anilines is 1. The maximum absolute atomic E-state index is 5.86. The SMILES string of the molecule is CC(C)c1nsc(OCCc2ccccc2N)n1. The Morgan fingerprint density at radius 2 is 2.11 bits per heavy atom. The second kappa shape index (κ2) is 5.82. The summed E-state index contributed by atoms with van der Waals surface area (Å²) in [5, 5.41) is 0.633. The number of hydrogen-bond acceptors (Lipinski definition) is 5. The lowest BCUT2D eigenvalue weighted by Gasteiger charge is -2.05. The van der Waals surface area contributed by atoms with Gasteiger partial charge in [0, 0.05) is 29.6 Å². The topological polar surface area (TPSA) is 61.0 Å². The first kappa shape index (κ1) is 12.8. The Hall–Kier alpha value is -1.62. The van der Waals surface area contributed by atoms with Crippen molar-refractivity contribution >= 4 is 17.2 Å². The van der Waals surface area contributed by atoms with Crippen LogP contribution in [0.4, 0.5) is 5.69 Å². The minimum atomic E-state index is 0.336. The van der Waals surface area contributed by atoms with Gasteiger partial charge in [-0.3, -0.25) is 0 Å². The van der Waals surface area contributed by atoms with E-state index in [1.54, 1.807) is 0 Å². The van der Waals surface area contributed by atoms with Gasteiger partial charge in [0.2, 0.25) is 0 Å². The first-order valence-electron chi connectivity index (χ1n) is 5.96. The number of ether oxygens (including phenoxy) is 1. The van der Waals surface area contributed by atoms with E-state index < -0.39 is 0 Å². The van der Waals surface area contributed by atoms with Gasteiger partial charge in [-0.05, 0) is 11.6 Å². The van der Waals surface area contributed by atoms with Gasteiger partial charge in [0.1, 0.15) is 5.82 Å². The summed E-state index contributed by atoms with van der Waals surface area (Å²) < 4.78 is 9.82. The molecule has 0 saturated heterocycles. The minimum absolute atomic E-state index is 0.336. The maximum Gasteiger partial charge on any atom is 0.293 e. The molecule has 1 heterocycles. The fourth-order valence-electron chi connectivity index (χ4n) is 1.52. The van der Waals surface area contributed by atoms with Crippen LogP contribution in [0.5, 0.6) is 5.19 Å². The first-order valence-corrected chi connectivity index (χ1v) is 6.74. The number of para-hydroxylation sites is 1. The van der Waals surface area contributed by atoms with Crippen molar-refractivity contribution in [3.8, 4) is 5.19 Å². The Balaban J connectivity index is 1.87. The van der Waals surface area contributed by atoms with Gasteiger partial charge in [-0.25, -0.2) is 0 Å². The fraction of sp³-hybridized carbons (Fsp3) is 0.385. The average Bonchev–Trinajstić information content (AvgIpc) is 2.80. The zero-order valence-corrected chi connectivity index (χ0v) is 11.4. The van der Waals surface area contributed by atoms with Crippen molar-refractivity contribution in [2.45, 2.75) is 26.2 Å². The average molecular weight is 263 g/mol. The molecule has 0 fully saturated rings. The normalized spacial score (nSPS) is 10.8. The highest BCUT2D eigenvalue weighted by molar-refractivity contribution is 7.07. The monoisotopic (exact) mass is 263 g/mol. The van der Waals surface area contributed by atoms with Crippen molar-refractivity contribution < 1.29 is 4.74 Å². The van der Waals surface area contributed by atoms with E-state index in [-0.39, 0.29) is 0 Å². The molecule has 0 aliphatic rings. The molecule has 2 rings (SSSR count). The number of rotatable bonds is 5. The molecule has 0 aliphatic carbocycles. The van der Waals surface area contributed by atoms with Crippen molar-refractivity contribution in [1.29, 1.82) is 0 Å². The highest BCUT2D eigenvalue weighted by atomic mass is 32.1. The van der Waals surface area contributed by atoms with Crippen LogP contribution in [0.25, 0.3) is 0 Å². The maximum atomic E-state index is 5.86. The molecule has 96 valence electrons. The minimum Gasteiger partial charge on any atom is -0.469 e. The highest BCUT2D eigenvalue weighted by Gasteiger charge is 2.08. The molecule has 1 aromatic carbocycles. The molecular formula is C13H17N3OS. The summed E-state index contributed by atoms with van der Waals surface area (Å²) in [6.45, 7) is 4.70. The van der Waals surface area contributed by atoms with Crippen LogP contribution in [0.3, 0.4) is 0 Å². The summed E-state index contributed by atoms with van der Waals surface area (Å²) in [4.78, 5) is 4.32. The van der Waals surface area contributed by atoms with Crippen LogP contribution in [-0.2, 0) is 6.42 Å². The third kappa shape index (κ3) is 3.20. The van der Waals surface area contributed by atoms with E-state index >= 15 is 0 Å². The lowest BCUT2D eigenvalue weighted by atomic mass is 10.1. The van der Waals surface area contributed by atoms with Crippen LogP contribution < -0.4 is 10.5 Å². The van der Waals surface area contributed by atoms with Crippen LogP contribution in [0.15, 0.2) is 24.3 Å². The molecule has 0 spiro atoms. The standard InChI is InChI=1S/C13H17N3OS/c1-9(2)12-15-13(18-16-12)17-8-7-10-5-3-4-6-11(10)14/h3-6,9H,7-8,14H2,1-2H3. The molecule has 0 saturated carbocycles. The van der Waals surface area contributed by atoms with Crippen LogP contribution >= 0.6 is 11.5 Å². The van der Waals surface area contributed by atoms with E-state index in [0.29, 0.717) is 17.7 Å². The Labute approximate surface area is 111 Å². The molecule has 0 unspecified atom stereocenters. The van der Waals surface area contributed by atoms with Gasteiger partial charge in [0.15, 0.2) is 0 Å². The molecule has 0 bridgehead atoms. The summed E-state index contributed by atoms with van der Waals surface area (Å²) in [6.07, 6.45) is 0.781. The number of nitrogens with zero attached hydrogens (tertiary/aromatic N) is 2. The van der Waals surface area contributed by atoms with Crippen LogP contribution in [0.2, 0.25) is 0 Å². The molecule has 0 radical (unpaired) electrons. The van der Waals surface area contributed by atoms with E-state index in [4.69, 9.17) is 10.5 Å². The summed E-state index contributed by atoms with van der Waals surface area (Å²) >= 11 is 1.30. The number of aromatic nitrogens is 2. The van der Waals surface area contributed by atoms with Gasteiger partial charge < -0.3 is 10.5 Å². The summed E-state index contributed by atoms with van der Waals surface area (Å²) in [6, 6.07) is 7.82. The third-order valence-corrected chi connectivity index (χ3v) is 3.24. The molecule has 0 aliphatic heterocycles. The van der Waals surface area contributed by atoms with Crippen LogP contribution in [-0.4, -0.2) is 16.0 Å². The van der Waals surface area contributed by atoms with Crippen molar-refractivity contribution in [1.82, 2.24) is 9.36 Å². The second-order valence-electron chi connectivity index (χ2n) is 4.37. The van der Waals surface area contributed by atoms with Crippen molar-refractivity contribution in [2.24, 2.45) is 0 Å².